The number of benzene rings is 1. The second-order valence-electron chi connectivity index (χ2n) is 4.72. The van der Waals surface area contributed by atoms with Gasteiger partial charge in [-0.1, -0.05) is 6.07 Å². The molecular formula is C14H15NO2. The zero-order valence-corrected chi connectivity index (χ0v) is 10.1. The highest BCUT2D eigenvalue weighted by Crippen LogP contribution is 2.20. The lowest BCUT2D eigenvalue weighted by Crippen LogP contribution is -2.22. The fraction of sp³-hybridized carbons (Fsp3) is 0.357. The van der Waals surface area contributed by atoms with Crippen LogP contribution in [0.2, 0.25) is 0 Å². The van der Waals surface area contributed by atoms with Crippen molar-refractivity contribution in [2.24, 2.45) is 0 Å². The van der Waals surface area contributed by atoms with Gasteiger partial charge in [0.25, 0.3) is 0 Å². The summed E-state index contributed by atoms with van der Waals surface area (Å²) in [6, 6.07) is 4.06. The number of H-pyrrole nitrogens is 1. The summed E-state index contributed by atoms with van der Waals surface area (Å²) in [5.41, 5.74) is 5.19. The zero-order valence-electron chi connectivity index (χ0n) is 10.1. The van der Waals surface area contributed by atoms with Gasteiger partial charge in [0, 0.05) is 23.1 Å². The number of rotatable bonds is 0. The smallest absolute Gasteiger partial charge is 0.195 e. The summed E-state index contributed by atoms with van der Waals surface area (Å²) in [4.78, 5) is 15.8. The van der Waals surface area contributed by atoms with Crippen molar-refractivity contribution in [3.05, 3.63) is 44.7 Å². The Morgan fingerprint density at radius 1 is 1.29 bits per heavy atom. The van der Waals surface area contributed by atoms with Crippen molar-refractivity contribution >= 4 is 10.9 Å². The van der Waals surface area contributed by atoms with Crippen molar-refractivity contribution in [3.8, 4) is 0 Å². The van der Waals surface area contributed by atoms with Gasteiger partial charge in [0.2, 0.25) is 0 Å². The van der Waals surface area contributed by atoms with Crippen LogP contribution < -0.4 is 5.43 Å². The lowest BCUT2D eigenvalue weighted by atomic mass is 10.0. The molecule has 1 N–H and O–H groups in total. The van der Waals surface area contributed by atoms with E-state index in [4.69, 9.17) is 4.74 Å². The van der Waals surface area contributed by atoms with Gasteiger partial charge in [-0.05, 0) is 31.0 Å². The van der Waals surface area contributed by atoms with E-state index in [-0.39, 0.29) is 5.43 Å². The quantitative estimate of drug-likeness (QED) is 0.752. The monoisotopic (exact) mass is 229 g/mol. The van der Waals surface area contributed by atoms with Crippen LogP contribution in [0.5, 0.6) is 0 Å². The summed E-state index contributed by atoms with van der Waals surface area (Å²) < 4.78 is 5.37. The third-order valence-electron chi connectivity index (χ3n) is 3.38. The van der Waals surface area contributed by atoms with Gasteiger partial charge >= 0.3 is 0 Å². The highest BCUT2D eigenvalue weighted by atomic mass is 16.5. The molecular weight excluding hydrogens is 214 g/mol. The molecule has 2 heterocycles. The Hall–Kier alpha value is -1.61. The zero-order chi connectivity index (χ0) is 12.0. The molecule has 0 saturated carbocycles. The first-order valence-corrected chi connectivity index (χ1v) is 5.89. The van der Waals surface area contributed by atoms with Crippen LogP contribution in [0.15, 0.2) is 16.9 Å². The van der Waals surface area contributed by atoms with Crippen molar-refractivity contribution in [1.29, 1.82) is 0 Å². The first-order valence-electron chi connectivity index (χ1n) is 5.89. The van der Waals surface area contributed by atoms with Crippen LogP contribution in [0.25, 0.3) is 10.9 Å². The maximum atomic E-state index is 12.4. The van der Waals surface area contributed by atoms with E-state index in [1.807, 2.05) is 19.9 Å². The molecule has 1 aliphatic heterocycles. The Bertz CT molecular complexity index is 655. The topological polar surface area (TPSA) is 42.1 Å². The number of aryl methyl sites for hydroxylation is 2. The van der Waals surface area contributed by atoms with E-state index in [0.717, 1.165) is 39.7 Å². The number of aromatic nitrogens is 1. The third kappa shape index (κ3) is 1.58. The summed E-state index contributed by atoms with van der Waals surface area (Å²) in [6.07, 6.45) is 0.799. The Labute approximate surface area is 99.4 Å². The third-order valence-corrected chi connectivity index (χ3v) is 3.38. The number of hydrogen-bond acceptors (Lipinski definition) is 2. The predicted octanol–water partition coefficient (Wildman–Crippen LogP) is 2.22. The molecule has 2 aromatic rings. The number of fused-ring (bicyclic) bond motifs is 2. The molecule has 0 saturated heterocycles. The predicted molar refractivity (Wildman–Crippen MR) is 67.4 cm³/mol. The molecule has 0 bridgehead atoms. The molecule has 0 amide bonds. The molecule has 0 spiro atoms. The second kappa shape index (κ2) is 3.70. The van der Waals surface area contributed by atoms with Crippen molar-refractivity contribution in [1.82, 2.24) is 4.98 Å². The van der Waals surface area contributed by atoms with E-state index in [2.05, 4.69) is 11.1 Å². The fourth-order valence-electron chi connectivity index (χ4n) is 2.55. The lowest BCUT2D eigenvalue weighted by molar-refractivity contribution is 0.109. The van der Waals surface area contributed by atoms with Crippen LogP contribution in [0, 0.1) is 13.8 Å². The molecule has 1 aliphatic rings. The molecule has 1 aromatic carbocycles. The number of hydrogen-bond donors (Lipinski definition) is 1. The van der Waals surface area contributed by atoms with Crippen LogP contribution in [0.3, 0.4) is 0 Å². The van der Waals surface area contributed by atoms with E-state index in [9.17, 15) is 4.79 Å². The Kier molecular flexibility index (Phi) is 2.30. The first kappa shape index (κ1) is 10.5. The highest BCUT2D eigenvalue weighted by Gasteiger charge is 2.16. The van der Waals surface area contributed by atoms with E-state index in [1.165, 1.54) is 0 Å². The van der Waals surface area contributed by atoms with Crippen molar-refractivity contribution in [2.75, 3.05) is 6.61 Å². The maximum absolute atomic E-state index is 12.4. The largest absolute Gasteiger partial charge is 0.376 e. The van der Waals surface area contributed by atoms with Crippen molar-refractivity contribution in [3.63, 3.8) is 0 Å². The van der Waals surface area contributed by atoms with Crippen LogP contribution in [-0.4, -0.2) is 11.6 Å². The molecule has 3 nitrogen and oxygen atoms in total. The number of pyridine rings is 1. The average Bonchev–Trinajstić information content (AvgIpc) is 2.31. The van der Waals surface area contributed by atoms with Gasteiger partial charge in [0.05, 0.1) is 18.7 Å². The molecule has 3 heteroatoms. The van der Waals surface area contributed by atoms with Crippen LogP contribution in [-0.2, 0) is 17.8 Å². The summed E-state index contributed by atoms with van der Waals surface area (Å²) in [6.45, 7) is 5.19. The molecule has 0 unspecified atom stereocenters. The summed E-state index contributed by atoms with van der Waals surface area (Å²) in [5, 5.41) is 0.784. The van der Waals surface area contributed by atoms with Crippen LogP contribution >= 0.6 is 0 Å². The lowest BCUT2D eigenvalue weighted by Gasteiger charge is -2.17. The van der Waals surface area contributed by atoms with Crippen molar-refractivity contribution in [2.45, 2.75) is 26.9 Å². The van der Waals surface area contributed by atoms with Gasteiger partial charge in [0.1, 0.15) is 0 Å². The molecule has 0 fully saturated rings. The fourth-order valence-corrected chi connectivity index (χ4v) is 2.55. The summed E-state index contributed by atoms with van der Waals surface area (Å²) in [7, 11) is 0. The van der Waals surface area contributed by atoms with Gasteiger partial charge in [-0.25, -0.2) is 0 Å². The highest BCUT2D eigenvalue weighted by molar-refractivity contribution is 5.83. The molecule has 88 valence electrons. The first-order chi connectivity index (χ1) is 8.16. The Balaban J connectivity index is 2.44. The summed E-state index contributed by atoms with van der Waals surface area (Å²) >= 11 is 0. The van der Waals surface area contributed by atoms with E-state index in [1.54, 1.807) is 0 Å². The number of ether oxygens (including phenoxy) is 1. The summed E-state index contributed by atoms with van der Waals surface area (Å²) in [5.74, 6) is 0. The maximum Gasteiger partial charge on any atom is 0.195 e. The van der Waals surface area contributed by atoms with Gasteiger partial charge in [-0.3, -0.25) is 4.79 Å². The van der Waals surface area contributed by atoms with Crippen molar-refractivity contribution < 1.29 is 4.74 Å². The average molecular weight is 229 g/mol. The van der Waals surface area contributed by atoms with Crippen LogP contribution in [0.1, 0.15) is 22.4 Å². The SMILES string of the molecule is Cc1cc(C)c2[nH]c3c(c(=O)c2c1)COCC3. The minimum Gasteiger partial charge on any atom is -0.376 e. The Morgan fingerprint density at radius 2 is 2.12 bits per heavy atom. The Morgan fingerprint density at radius 3 is 2.94 bits per heavy atom. The molecule has 17 heavy (non-hydrogen) atoms. The van der Waals surface area contributed by atoms with E-state index >= 15 is 0 Å². The normalized spacial score (nSPS) is 14.9. The molecule has 0 atom stereocenters. The van der Waals surface area contributed by atoms with Gasteiger partial charge in [-0.2, -0.15) is 0 Å². The van der Waals surface area contributed by atoms with Gasteiger partial charge in [-0.15, -0.1) is 0 Å². The minimum atomic E-state index is 0.125. The number of aromatic amines is 1. The van der Waals surface area contributed by atoms with Crippen LogP contribution in [0.4, 0.5) is 0 Å². The standard InChI is InChI=1S/C14H15NO2/c1-8-5-9(2)13-10(6-8)14(16)11-7-17-4-3-12(11)15-13/h5-6H,3-4,7H2,1-2H3,(H,15,16). The van der Waals surface area contributed by atoms with E-state index in [0.29, 0.717) is 13.2 Å². The van der Waals surface area contributed by atoms with E-state index < -0.39 is 0 Å². The second-order valence-corrected chi connectivity index (χ2v) is 4.72. The van der Waals surface area contributed by atoms with Gasteiger partial charge in [0.15, 0.2) is 5.43 Å². The minimum absolute atomic E-state index is 0.125. The molecule has 0 radical (unpaired) electrons. The molecule has 1 aromatic heterocycles. The molecule has 0 aliphatic carbocycles. The molecule has 3 rings (SSSR count). The number of nitrogens with one attached hydrogen (secondary N) is 1. The van der Waals surface area contributed by atoms with Gasteiger partial charge < -0.3 is 9.72 Å².